The first kappa shape index (κ1) is 35.5. The van der Waals surface area contributed by atoms with Gasteiger partial charge in [-0.05, 0) is 123 Å². The molecule has 0 fully saturated rings. The molecule has 0 radical (unpaired) electrons. The van der Waals surface area contributed by atoms with Crippen LogP contribution in [-0.4, -0.2) is 46.9 Å². The molecule has 0 atom stereocenters. The number of nitrogens with one attached hydrogen (secondary N) is 1. The maximum Gasteiger partial charge on any atom is 0.0992 e. The van der Waals surface area contributed by atoms with Crippen molar-refractivity contribution in [2.75, 3.05) is 12.4 Å². The first-order valence-electron chi connectivity index (χ1n) is 17.5. The average molecular weight is 781 g/mol. The predicted octanol–water partition coefficient (Wildman–Crippen LogP) is 9.19. The van der Waals surface area contributed by atoms with Gasteiger partial charge in [-0.25, -0.2) is 9.97 Å². The zero-order chi connectivity index (χ0) is 35.4. The van der Waals surface area contributed by atoms with Crippen LogP contribution in [0.4, 0.5) is 5.69 Å². The molecule has 0 saturated carbocycles. The molecule has 7 heterocycles. The number of rotatable bonds is 2. The molecule has 0 spiro atoms. The second-order valence-corrected chi connectivity index (χ2v) is 12.9. The van der Waals surface area contributed by atoms with Gasteiger partial charge < -0.3 is 5.32 Å². The summed E-state index contributed by atoms with van der Waals surface area (Å²) in [6.07, 6.45) is 15.3. The van der Waals surface area contributed by atoms with Gasteiger partial charge in [0.15, 0.2) is 0 Å². The molecule has 9 nitrogen and oxygen atoms in total. The standard InChI is InChI=1S/C18H14N4.C13H11N3.C12H12N2.Ru/c1-2-8-14-13(7-1)21-17-11-5-3-9-19-15(11)16-12(18(17)22-14)6-4-10-20-16;1-14-11-8-9-4-2-6-15-12(9)13-10(11)5-3-7-16-13;1-9-3-5-13-11(7-9)12-8-10(2)4-6-14-12;/h3-6,9-10H,1-2,7-8H2;2-8,14H,1H3;3-8H,1-2H3;. The third-order valence-electron chi connectivity index (χ3n) is 9.30. The largest absolute Gasteiger partial charge is 0.388 e. The van der Waals surface area contributed by atoms with E-state index in [9.17, 15) is 0 Å². The quantitative estimate of drug-likeness (QED) is 0.135. The van der Waals surface area contributed by atoms with E-state index in [2.05, 4.69) is 79.4 Å². The Morgan fingerprint density at radius 1 is 0.472 bits per heavy atom. The predicted molar refractivity (Wildman–Crippen MR) is 210 cm³/mol. The van der Waals surface area contributed by atoms with Gasteiger partial charge in [0.05, 0.1) is 55.9 Å². The number of fused-ring (bicyclic) bond motifs is 10. The van der Waals surface area contributed by atoms with Gasteiger partial charge in [0.2, 0.25) is 0 Å². The molecule has 0 amide bonds. The van der Waals surface area contributed by atoms with Gasteiger partial charge in [0.1, 0.15) is 0 Å². The van der Waals surface area contributed by atoms with Crippen molar-refractivity contribution in [3.05, 3.63) is 139 Å². The number of aromatic nitrogens is 8. The van der Waals surface area contributed by atoms with Gasteiger partial charge in [-0.3, -0.25) is 29.9 Å². The fraction of sp³-hybridized carbons (Fsp3) is 0.163. The number of benzene rings is 2. The van der Waals surface area contributed by atoms with Crippen LogP contribution in [0.1, 0.15) is 35.4 Å². The molecular weight excluding hydrogens is 744 g/mol. The number of hydrogen-bond donors (Lipinski definition) is 1. The number of nitrogens with zero attached hydrogens (tertiary/aromatic N) is 8. The average Bonchev–Trinajstić information content (AvgIpc) is 3.20. The molecule has 0 bridgehead atoms. The Bertz CT molecular complexity index is 2610. The van der Waals surface area contributed by atoms with Crippen LogP contribution >= 0.6 is 0 Å². The fourth-order valence-corrected chi connectivity index (χ4v) is 6.77. The number of pyridine rings is 6. The van der Waals surface area contributed by atoms with Crippen LogP contribution in [0.5, 0.6) is 0 Å². The molecule has 9 aromatic rings. The smallest absolute Gasteiger partial charge is 0.0992 e. The Labute approximate surface area is 320 Å². The summed E-state index contributed by atoms with van der Waals surface area (Å²) in [5.74, 6) is 0. The summed E-state index contributed by atoms with van der Waals surface area (Å²) in [7, 11) is 1.92. The summed E-state index contributed by atoms with van der Waals surface area (Å²) < 4.78 is 0. The van der Waals surface area contributed by atoms with Gasteiger partial charge in [0, 0.05) is 90.9 Å². The number of anilines is 1. The third kappa shape index (κ3) is 7.28. The van der Waals surface area contributed by atoms with Crippen molar-refractivity contribution in [3.8, 4) is 11.4 Å². The van der Waals surface area contributed by atoms with Crippen LogP contribution in [0.2, 0.25) is 0 Å². The molecule has 1 aliphatic rings. The zero-order valence-electron chi connectivity index (χ0n) is 29.7. The second-order valence-electron chi connectivity index (χ2n) is 12.9. The van der Waals surface area contributed by atoms with Crippen LogP contribution in [0, 0.1) is 13.8 Å². The van der Waals surface area contributed by atoms with E-state index in [1.807, 2.05) is 80.4 Å². The van der Waals surface area contributed by atoms with Crippen LogP contribution in [0.15, 0.2) is 116 Å². The summed E-state index contributed by atoms with van der Waals surface area (Å²) in [5.41, 5.74) is 13.4. The molecule has 10 rings (SSSR count). The molecule has 1 N–H and O–H groups in total. The maximum absolute atomic E-state index is 4.96. The van der Waals surface area contributed by atoms with Crippen molar-refractivity contribution in [3.63, 3.8) is 0 Å². The SMILES string of the molecule is CNc1cc2cccnc2c2ncccc12.Cc1ccnc(-c2cc(C)ccn2)c1.[Ru].c1cnc2c(c1)c1nc3c(nc1c1cccnc12)CCCC3. The summed E-state index contributed by atoms with van der Waals surface area (Å²) in [6.45, 7) is 4.11. The van der Waals surface area contributed by atoms with E-state index in [0.29, 0.717) is 0 Å². The van der Waals surface area contributed by atoms with Crippen molar-refractivity contribution in [1.82, 2.24) is 39.9 Å². The second kappa shape index (κ2) is 15.8. The Morgan fingerprint density at radius 3 is 1.42 bits per heavy atom. The maximum atomic E-state index is 4.96. The Kier molecular flexibility index (Phi) is 10.6. The summed E-state index contributed by atoms with van der Waals surface area (Å²) in [5, 5.41) is 7.50. The molecule has 53 heavy (non-hydrogen) atoms. The molecule has 1 aliphatic carbocycles. The minimum absolute atomic E-state index is 0. The zero-order valence-corrected chi connectivity index (χ0v) is 31.5. The van der Waals surface area contributed by atoms with E-state index in [1.54, 1.807) is 12.4 Å². The van der Waals surface area contributed by atoms with Crippen molar-refractivity contribution in [2.24, 2.45) is 0 Å². The van der Waals surface area contributed by atoms with Gasteiger partial charge >= 0.3 is 0 Å². The molecular formula is C43H37N9Ru. The van der Waals surface area contributed by atoms with Crippen LogP contribution in [0.3, 0.4) is 0 Å². The van der Waals surface area contributed by atoms with Crippen LogP contribution < -0.4 is 5.32 Å². The molecule has 7 aromatic heterocycles. The number of aryl methyl sites for hydroxylation is 4. The molecule has 262 valence electrons. The minimum Gasteiger partial charge on any atom is -0.388 e. The van der Waals surface area contributed by atoms with E-state index < -0.39 is 0 Å². The van der Waals surface area contributed by atoms with Crippen molar-refractivity contribution < 1.29 is 19.5 Å². The van der Waals surface area contributed by atoms with Gasteiger partial charge in [0.25, 0.3) is 0 Å². The van der Waals surface area contributed by atoms with Crippen LogP contribution in [0.25, 0.3) is 66.0 Å². The third-order valence-corrected chi connectivity index (χ3v) is 9.30. The monoisotopic (exact) mass is 781 g/mol. The fourth-order valence-electron chi connectivity index (χ4n) is 6.77. The molecule has 0 unspecified atom stereocenters. The summed E-state index contributed by atoms with van der Waals surface area (Å²) in [6, 6.07) is 26.2. The van der Waals surface area contributed by atoms with E-state index in [0.717, 1.165) is 95.9 Å². The van der Waals surface area contributed by atoms with Gasteiger partial charge in [-0.2, -0.15) is 0 Å². The molecule has 10 heteroatoms. The van der Waals surface area contributed by atoms with E-state index in [1.165, 1.54) is 24.0 Å². The summed E-state index contributed by atoms with van der Waals surface area (Å²) >= 11 is 0. The summed E-state index contributed by atoms with van der Waals surface area (Å²) in [4.78, 5) is 36.4. The van der Waals surface area contributed by atoms with Gasteiger partial charge in [-0.15, -0.1) is 0 Å². The van der Waals surface area contributed by atoms with E-state index >= 15 is 0 Å². The topological polar surface area (TPSA) is 115 Å². The first-order chi connectivity index (χ1) is 25.6. The molecule has 2 aromatic carbocycles. The molecule has 0 aliphatic heterocycles. The normalized spacial score (nSPS) is 12.0. The van der Waals surface area contributed by atoms with Gasteiger partial charge in [-0.1, -0.05) is 6.07 Å². The minimum atomic E-state index is 0. The number of hydrogen-bond acceptors (Lipinski definition) is 9. The van der Waals surface area contributed by atoms with E-state index in [-0.39, 0.29) is 19.5 Å². The Morgan fingerprint density at radius 2 is 0.925 bits per heavy atom. The van der Waals surface area contributed by atoms with Crippen molar-refractivity contribution >= 4 is 60.3 Å². The van der Waals surface area contributed by atoms with Crippen molar-refractivity contribution in [2.45, 2.75) is 39.5 Å². The first-order valence-corrected chi connectivity index (χ1v) is 17.5. The van der Waals surface area contributed by atoms with Crippen molar-refractivity contribution in [1.29, 1.82) is 0 Å². The Balaban J connectivity index is 0.000000126. The van der Waals surface area contributed by atoms with Crippen LogP contribution in [-0.2, 0) is 32.3 Å². The molecule has 0 saturated heterocycles. The Hall–Kier alpha value is -5.86. The van der Waals surface area contributed by atoms with E-state index in [4.69, 9.17) is 9.97 Å².